The normalized spacial score (nSPS) is 22.1. The van der Waals surface area contributed by atoms with Gasteiger partial charge in [-0.25, -0.2) is 0 Å². The summed E-state index contributed by atoms with van der Waals surface area (Å²) in [5.41, 5.74) is 5.35. The van der Waals surface area contributed by atoms with E-state index in [1.54, 1.807) is 0 Å². The fraction of sp³-hybridized carbons (Fsp3) is 0.750. The lowest BCUT2D eigenvalue weighted by atomic mass is 10.0. The van der Waals surface area contributed by atoms with E-state index in [9.17, 15) is 0 Å². The van der Waals surface area contributed by atoms with Crippen LogP contribution in [0, 0.1) is 5.92 Å². The SMILES string of the molecule is NC/C=C/C1CCSCC1. The Bertz CT molecular complexity index is 106. The zero-order valence-electron chi connectivity index (χ0n) is 6.25. The van der Waals surface area contributed by atoms with E-state index in [0.29, 0.717) is 6.54 Å². The molecule has 0 aromatic heterocycles. The fourth-order valence-electron chi connectivity index (χ4n) is 1.18. The van der Waals surface area contributed by atoms with Gasteiger partial charge < -0.3 is 5.73 Å². The molecule has 0 aliphatic carbocycles. The second-order valence-electron chi connectivity index (χ2n) is 2.61. The highest BCUT2D eigenvalue weighted by Gasteiger charge is 2.09. The summed E-state index contributed by atoms with van der Waals surface area (Å²) in [5.74, 6) is 3.49. The average molecular weight is 157 g/mol. The number of allylic oxidation sites excluding steroid dienone is 1. The molecular weight excluding hydrogens is 142 g/mol. The summed E-state index contributed by atoms with van der Waals surface area (Å²) in [4.78, 5) is 0. The van der Waals surface area contributed by atoms with Crippen molar-refractivity contribution in [2.75, 3.05) is 18.1 Å². The van der Waals surface area contributed by atoms with Crippen LogP contribution in [0.15, 0.2) is 12.2 Å². The Morgan fingerprint density at radius 1 is 1.40 bits per heavy atom. The van der Waals surface area contributed by atoms with Gasteiger partial charge in [0.25, 0.3) is 0 Å². The smallest absolute Gasteiger partial charge is 0.0106 e. The molecule has 1 aliphatic heterocycles. The number of hydrogen-bond acceptors (Lipinski definition) is 2. The van der Waals surface area contributed by atoms with Crippen LogP contribution in [0.25, 0.3) is 0 Å². The molecule has 0 atom stereocenters. The Balaban J connectivity index is 2.19. The van der Waals surface area contributed by atoms with E-state index in [0.717, 1.165) is 5.92 Å². The van der Waals surface area contributed by atoms with E-state index in [-0.39, 0.29) is 0 Å². The lowest BCUT2D eigenvalue weighted by Gasteiger charge is -2.17. The van der Waals surface area contributed by atoms with Gasteiger partial charge in [-0.1, -0.05) is 12.2 Å². The van der Waals surface area contributed by atoms with Crippen LogP contribution in [-0.2, 0) is 0 Å². The first kappa shape index (κ1) is 8.15. The van der Waals surface area contributed by atoms with Crippen molar-refractivity contribution in [1.82, 2.24) is 0 Å². The molecule has 0 bridgehead atoms. The molecule has 0 spiro atoms. The van der Waals surface area contributed by atoms with Crippen molar-refractivity contribution in [3.63, 3.8) is 0 Å². The average Bonchev–Trinajstić information content (AvgIpc) is 2.03. The van der Waals surface area contributed by atoms with Crippen LogP contribution in [0.4, 0.5) is 0 Å². The monoisotopic (exact) mass is 157 g/mol. The molecule has 0 aromatic carbocycles. The van der Waals surface area contributed by atoms with Crippen molar-refractivity contribution in [2.45, 2.75) is 12.8 Å². The van der Waals surface area contributed by atoms with E-state index >= 15 is 0 Å². The molecule has 1 aliphatic rings. The highest BCUT2D eigenvalue weighted by atomic mass is 32.2. The maximum absolute atomic E-state index is 5.35. The summed E-state index contributed by atoms with van der Waals surface area (Å²) >= 11 is 2.07. The van der Waals surface area contributed by atoms with Crippen LogP contribution < -0.4 is 5.73 Å². The molecule has 1 heterocycles. The van der Waals surface area contributed by atoms with E-state index in [4.69, 9.17) is 5.73 Å². The molecule has 2 N–H and O–H groups in total. The van der Waals surface area contributed by atoms with Crippen molar-refractivity contribution in [2.24, 2.45) is 11.7 Å². The lowest BCUT2D eigenvalue weighted by molar-refractivity contribution is 0.601. The van der Waals surface area contributed by atoms with Crippen molar-refractivity contribution in [1.29, 1.82) is 0 Å². The van der Waals surface area contributed by atoms with E-state index in [1.807, 2.05) is 0 Å². The van der Waals surface area contributed by atoms with Gasteiger partial charge in [-0.15, -0.1) is 0 Å². The summed E-state index contributed by atoms with van der Waals surface area (Å²) in [7, 11) is 0. The highest BCUT2D eigenvalue weighted by molar-refractivity contribution is 7.99. The number of hydrogen-bond donors (Lipinski definition) is 1. The molecule has 0 unspecified atom stereocenters. The van der Waals surface area contributed by atoms with Gasteiger partial charge in [0.1, 0.15) is 0 Å². The third kappa shape index (κ3) is 2.76. The first-order valence-corrected chi connectivity index (χ1v) is 5.03. The molecule has 2 heteroatoms. The Kier molecular flexibility index (Phi) is 3.91. The minimum Gasteiger partial charge on any atom is -0.327 e. The van der Waals surface area contributed by atoms with Gasteiger partial charge in [0.05, 0.1) is 0 Å². The van der Waals surface area contributed by atoms with Gasteiger partial charge in [0.2, 0.25) is 0 Å². The molecule has 0 amide bonds. The zero-order valence-corrected chi connectivity index (χ0v) is 7.07. The van der Waals surface area contributed by atoms with Crippen LogP contribution >= 0.6 is 11.8 Å². The first-order chi connectivity index (χ1) is 4.93. The second kappa shape index (κ2) is 4.80. The van der Waals surface area contributed by atoms with E-state index < -0.39 is 0 Å². The molecule has 1 fully saturated rings. The fourth-order valence-corrected chi connectivity index (χ4v) is 2.32. The third-order valence-corrected chi connectivity index (χ3v) is 2.86. The quantitative estimate of drug-likeness (QED) is 0.617. The van der Waals surface area contributed by atoms with Gasteiger partial charge in [0.15, 0.2) is 0 Å². The van der Waals surface area contributed by atoms with Crippen molar-refractivity contribution in [3.8, 4) is 0 Å². The first-order valence-electron chi connectivity index (χ1n) is 3.88. The molecule has 0 radical (unpaired) electrons. The van der Waals surface area contributed by atoms with Crippen LogP contribution in [0.5, 0.6) is 0 Å². The Labute approximate surface area is 67.1 Å². The maximum Gasteiger partial charge on any atom is 0.0106 e. The molecular formula is C8H15NS. The molecule has 10 heavy (non-hydrogen) atoms. The van der Waals surface area contributed by atoms with E-state index in [2.05, 4.69) is 23.9 Å². The summed E-state index contributed by atoms with van der Waals surface area (Å²) < 4.78 is 0. The Morgan fingerprint density at radius 3 is 2.70 bits per heavy atom. The van der Waals surface area contributed by atoms with Crippen LogP contribution in [-0.4, -0.2) is 18.1 Å². The highest BCUT2D eigenvalue weighted by Crippen LogP contribution is 2.23. The molecule has 58 valence electrons. The zero-order chi connectivity index (χ0) is 7.23. The summed E-state index contributed by atoms with van der Waals surface area (Å²) in [6.45, 7) is 0.698. The second-order valence-corrected chi connectivity index (χ2v) is 3.84. The molecule has 0 saturated carbocycles. The number of nitrogens with two attached hydrogens (primary N) is 1. The number of rotatable bonds is 2. The van der Waals surface area contributed by atoms with E-state index in [1.165, 1.54) is 24.3 Å². The predicted octanol–water partition coefficient (Wildman–Crippen LogP) is 1.64. The van der Waals surface area contributed by atoms with Gasteiger partial charge >= 0.3 is 0 Å². The Morgan fingerprint density at radius 2 is 2.10 bits per heavy atom. The largest absolute Gasteiger partial charge is 0.327 e. The third-order valence-electron chi connectivity index (χ3n) is 1.81. The summed E-state index contributed by atoms with van der Waals surface area (Å²) in [6, 6.07) is 0. The van der Waals surface area contributed by atoms with Crippen molar-refractivity contribution < 1.29 is 0 Å². The Hall–Kier alpha value is 0.0500. The minimum atomic E-state index is 0.698. The van der Waals surface area contributed by atoms with Crippen LogP contribution in [0.2, 0.25) is 0 Å². The summed E-state index contributed by atoms with van der Waals surface area (Å²) in [6.07, 6.45) is 7.06. The van der Waals surface area contributed by atoms with Gasteiger partial charge in [-0.3, -0.25) is 0 Å². The van der Waals surface area contributed by atoms with Crippen molar-refractivity contribution in [3.05, 3.63) is 12.2 Å². The van der Waals surface area contributed by atoms with Crippen molar-refractivity contribution >= 4 is 11.8 Å². The topological polar surface area (TPSA) is 26.0 Å². The molecule has 1 nitrogen and oxygen atoms in total. The molecule has 0 aromatic rings. The van der Waals surface area contributed by atoms with Gasteiger partial charge in [-0.2, -0.15) is 11.8 Å². The van der Waals surface area contributed by atoms with Crippen LogP contribution in [0.1, 0.15) is 12.8 Å². The summed E-state index contributed by atoms with van der Waals surface area (Å²) in [5, 5.41) is 0. The molecule has 1 saturated heterocycles. The molecule has 1 rings (SSSR count). The minimum absolute atomic E-state index is 0.698. The predicted molar refractivity (Wildman–Crippen MR) is 48.2 cm³/mol. The number of thioether (sulfide) groups is 1. The maximum atomic E-state index is 5.35. The van der Waals surface area contributed by atoms with Gasteiger partial charge in [0, 0.05) is 6.54 Å². The van der Waals surface area contributed by atoms with Crippen LogP contribution in [0.3, 0.4) is 0 Å². The standard InChI is InChI=1S/C8H15NS/c9-5-1-2-8-3-6-10-7-4-8/h1-2,8H,3-7,9H2/b2-1+. The van der Waals surface area contributed by atoms with Gasteiger partial charge in [-0.05, 0) is 30.3 Å². The lowest BCUT2D eigenvalue weighted by Crippen LogP contribution is -2.07.